The van der Waals surface area contributed by atoms with E-state index in [-0.39, 0.29) is 6.04 Å². The Balaban J connectivity index is 2.92. The summed E-state index contributed by atoms with van der Waals surface area (Å²) in [5.41, 5.74) is 5.67. The Labute approximate surface area is 87.1 Å². The van der Waals surface area contributed by atoms with Crippen molar-refractivity contribution < 1.29 is 13.2 Å². The van der Waals surface area contributed by atoms with Crippen molar-refractivity contribution in [3.63, 3.8) is 0 Å². The summed E-state index contributed by atoms with van der Waals surface area (Å²) >= 11 is 0. The van der Waals surface area contributed by atoms with E-state index < -0.39 is 11.7 Å². The van der Waals surface area contributed by atoms with Gasteiger partial charge < -0.3 is 5.73 Å². The maximum Gasteiger partial charge on any atom is 0.416 e. The second-order valence-electron chi connectivity index (χ2n) is 3.52. The van der Waals surface area contributed by atoms with E-state index >= 15 is 0 Å². The summed E-state index contributed by atoms with van der Waals surface area (Å²) in [6, 6.07) is 4.91. The minimum Gasteiger partial charge on any atom is -0.324 e. The summed E-state index contributed by atoms with van der Waals surface area (Å²) in [5, 5.41) is 0. The average molecular weight is 217 g/mol. The highest BCUT2D eigenvalue weighted by Crippen LogP contribution is 2.30. The molecule has 4 heteroatoms. The number of halogens is 3. The summed E-state index contributed by atoms with van der Waals surface area (Å²) < 4.78 is 37.1. The smallest absolute Gasteiger partial charge is 0.324 e. The van der Waals surface area contributed by atoms with Crippen molar-refractivity contribution in [2.24, 2.45) is 5.73 Å². The third-order valence-electron chi connectivity index (χ3n) is 2.24. The Morgan fingerprint density at radius 2 is 2.00 bits per heavy atom. The van der Waals surface area contributed by atoms with Crippen LogP contribution in [0.25, 0.3) is 0 Å². The predicted octanol–water partition coefficient (Wildman–Crippen LogP) is 3.51. The molecule has 2 N–H and O–H groups in total. The van der Waals surface area contributed by atoms with Gasteiger partial charge in [0.15, 0.2) is 0 Å². The third-order valence-corrected chi connectivity index (χ3v) is 2.24. The fraction of sp³-hybridized carbons (Fsp3) is 0.455. The standard InChI is InChI=1S/C11H14F3N/c1-2-4-10(15)8-5-3-6-9(7-8)11(12,13)14/h3,5-7,10H,2,4,15H2,1H3/t10-/m0/s1. The molecule has 0 unspecified atom stereocenters. The van der Waals surface area contributed by atoms with E-state index in [0.29, 0.717) is 12.0 Å². The SMILES string of the molecule is CCC[C@H](N)c1cccc(C(F)(F)F)c1. The summed E-state index contributed by atoms with van der Waals surface area (Å²) in [4.78, 5) is 0. The van der Waals surface area contributed by atoms with Gasteiger partial charge in [0.05, 0.1) is 5.56 Å². The predicted molar refractivity (Wildman–Crippen MR) is 53.3 cm³/mol. The highest BCUT2D eigenvalue weighted by atomic mass is 19.4. The van der Waals surface area contributed by atoms with Gasteiger partial charge in [-0.15, -0.1) is 0 Å². The van der Waals surface area contributed by atoms with Gasteiger partial charge in [-0.2, -0.15) is 13.2 Å². The van der Waals surface area contributed by atoms with Gasteiger partial charge in [0.25, 0.3) is 0 Å². The molecule has 0 heterocycles. The normalized spacial score (nSPS) is 13.9. The van der Waals surface area contributed by atoms with E-state index in [9.17, 15) is 13.2 Å². The number of hydrogen-bond donors (Lipinski definition) is 1. The topological polar surface area (TPSA) is 26.0 Å². The van der Waals surface area contributed by atoms with Crippen molar-refractivity contribution in [1.29, 1.82) is 0 Å². The van der Waals surface area contributed by atoms with E-state index in [1.54, 1.807) is 6.07 Å². The zero-order valence-electron chi connectivity index (χ0n) is 8.51. The minimum atomic E-state index is -4.29. The molecule has 0 aromatic heterocycles. The quantitative estimate of drug-likeness (QED) is 0.823. The number of benzene rings is 1. The number of rotatable bonds is 3. The van der Waals surface area contributed by atoms with Crippen LogP contribution in [0.5, 0.6) is 0 Å². The maximum atomic E-state index is 12.4. The average Bonchev–Trinajstić information content (AvgIpc) is 2.17. The lowest BCUT2D eigenvalue weighted by atomic mass is 10.0. The minimum absolute atomic E-state index is 0.308. The lowest BCUT2D eigenvalue weighted by molar-refractivity contribution is -0.137. The summed E-state index contributed by atoms with van der Waals surface area (Å²) in [6.45, 7) is 1.95. The van der Waals surface area contributed by atoms with Crippen LogP contribution in [0.1, 0.15) is 36.9 Å². The van der Waals surface area contributed by atoms with Crippen molar-refractivity contribution in [3.05, 3.63) is 35.4 Å². The lowest BCUT2D eigenvalue weighted by Crippen LogP contribution is -2.12. The zero-order chi connectivity index (χ0) is 11.5. The zero-order valence-corrected chi connectivity index (χ0v) is 8.51. The molecule has 0 aliphatic carbocycles. The van der Waals surface area contributed by atoms with Crippen LogP contribution in [0.2, 0.25) is 0 Å². The number of alkyl halides is 3. The van der Waals surface area contributed by atoms with E-state index in [0.717, 1.165) is 18.6 Å². The Kier molecular flexibility index (Phi) is 3.74. The van der Waals surface area contributed by atoms with Gasteiger partial charge in [0, 0.05) is 6.04 Å². The first kappa shape index (κ1) is 12.0. The van der Waals surface area contributed by atoms with Gasteiger partial charge in [-0.3, -0.25) is 0 Å². The van der Waals surface area contributed by atoms with Crippen molar-refractivity contribution in [2.75, 3.05) is 0 Å². The van der Waals surface area contributed by atoms with Gasteiger partial charge in [-0.05, 0) is 24.1 Å². The molecule has 0 aliphatic heterocycles. The molecule has 0 saturated carbocycles. The van der Waals surface area contributed by atoms with Crippen LogP contribution in [-0.4, -0.2) is 0 Å². The summed E-state index contributed by atoms with van der Waals surface area (Å²) in [7, 11) is 0. The molecule has 0 bridgehead atoms. The van der Waals surface area contributed by atoms with Crippen LogP contribution < -0.4 is 5.73 Å². The van der Waals surface area contributed by atoms with Crippen LogP contribution in [0.15, 0.2) is 24.3 Å². The lowest BCUT2D eigenvalue weighted by Gasteiger charge is -2.13. The van der Waals surface area contributed by atoms with Crippen molar-refractivity contribution >= 4 is 0 Å². The Morgan fingerprint density at radius 3 is 2.53 bits per heavy atom. The molecule has 0 radical (unpaired) electrons. The second kappa shape index (κ2) is 4.66. The maximum absolute atomic E-state index is 12.4. The van der Waals surface area contributed by atoms with Gasteiger partial charge in [-0.1, -0.05) is 25.5 Å². The van der Waals surface area contributed by atoms with E-state index in [1.165, 1.54) is 6.07 Å². The van der Waals surface area contributed by atoms with Crippen LogP contribution in [0, 0.1) is 0 Å². The molecule has 15 heavy (non-hydrogen) atoms. The number of hydrogen-bond acceptors (Lipinski definition) is 1. The molecule has 0 aliphatic rings. The first-order valence-electron chi connectivity index (χ1n) is 4.88. The van der Waals surface area contributed by atoms with Crippen LogP contribution in [-0.2, 0) is 6.18 Å². The molecular formula is C11H14F3N. The molecule has 1 aromatic rings. The molecule has 0 fully saturated rings. The molecule has 1 nitrogen and oxygen atoms in total. The Bertz CT molecular complexity index is 320. The first-order valence-corrected chi connectivity index (χ1v) is 4.88. The molecule has 1 rings (SSSR count). The molecule has 84 valence electrons. The van der Waals surface area contributed by atoms with Gasteiger partial charge in [-0.25, -0.2) is 0 Å². The Morgan fingerprint density at radius 1 is 1.33 bits per heavy atom. The van der Waals surface area contributed by atoms with Crippen molar-refractivity contribution in [2.45, 2.75) is 32.0 Å². The van der Waals surface area contributed by atoms with Gasteiger partial charge in [0.2, 0.25) is 0 Å². The molecule has 1 atom stereocenters. The van der Waals surface area contributed by atoms with E-state index in [2.05, 4.69) is 0 Å². The highest BCUT2D eigenvalue weighted by molar-refractivity contribution is 5.27. The van der Waals surface area contributed by atoms with Crippen LogP contribution >= 0.6 is 0 Å². The fourth-order valence-corrected chi connectivity index (χ4v) is 1.42. The van der Waals surface area contributed by atoms with Crippen LogP contribution in [0.3, 0.4) is 0 Å². The molecule has 0 amide bonds. The van der Waals surface area contributed by atoms with E-state index in [4.69, 9.17) is 5.73 Å². The third kappa shape index (κ3) is 3.23. The summed E-state index contributed by atoms with van der Waals surface area (Å²) in [5.74, 6) is 0. The molecule has 0 spiro atoms. The second-order valence-corrected chi connectivity index (χ2v) is 3.52. The van der Waals surface area contributed by atoms with Gasteiger partial charge >= 0.3 is 6.18 Å². The van der Waals surface area contributed by atoms with Gasteiger partial charge in [0.1, 0.15) is 0 Å². The fourth-order valence-electron chi connectivity index (χ4n) is 1.42. The largest absolute Gasteiger partial charge is 0.416 e. The van der Waals surface area contributed by atoms with E-state index in [1.807, 2.05) is 6.92 Å². The first-order chi connectivity index (χ1) is 6.95. The molecule has 0 saturated heterocycles. The monoisotopic (exact) mass is 217 g/mol. The Hall–Kier alpha value is -1.03. The van der Waals surface area contributed by atoms with Crippen molar-refractivity contribution in [3.8, 4) is 0 Å². The van der Waals surface area contributed by atoms with Crippen molar-refractivity contribution in [1.82, 2.24) is 0 Å². The molecular weight excluding hydrogens is 203 g/mol. The summed E-state index contributed by atoms with van der Waals surface area (Å²) in [6.07, 6.45) is -2.74. The molecule has 1 aromatic carbocycles. The highest BCUT2D eigenvalue weighted by Gasteiger charge is 2.30. The number of nitrogens with two attached hydrogens (primary N) is 1. The van der Waals surface area contributed by atoms with Crippen LogP contribution in [0.4, 0.5) is 13.2 Å².